The number of hydrogen-bond acceptors (Lipinski definition) is 2. The van der Waals surface area contributed by atoms with Crippen LogP contribution in [0.1, 0.15) is 28.7 Å². The van der Waals surface area contributed by atoms with E-state index in [1.54, 1.807) is 7.11 Å². The van der Waals surface area contributed by atoms with E-state index in [0.717, 1.165) is 18.6 Å². The van der Waals surface area contributed by atoms with Gasteiger partial charge in [0.05, 0.1) is 7.11 Å². The molecule has 1 aliphatic rings. The van der Waals surface area contributed by atoms with Crippen molar-refractivity contribution in [1.29, 1.82) is 0 Å². The van der Waals surface area contributed by atoms with Crippen LogP contribution in [0.4, 0.5) is 5.69 Å². The third-order valence-electron chi connectivity index (χ3n) is 4.57. The molecule has 0 saturated heterocycles. The summed E-state index contributed by atoms with van der Waals surface area (Å²) < 4.78 is 5.64. The predicted octanol–water partition coefficient (Wildman–Crippen LogP) is 4.28. The van der Waals surface area contributed by atoms with Crippen LogP contribution in [0.25, 0.3) is 0 Å². The largest absolute Gasteiger partial charge is 0.496 e. The van der Waals surface area contributed by atoms with Crippen molar-refractivity contribution in [3.05, 3.63) is 58.7 Å². The van der Waals surface area contributed by atoms with E-state index >= 15 is 0 Å². The average Bonchev–Trinajstić information content (AvgIpc) is 2.51. The molecule has 2 aromatic rings. The zero-order valence-corrected chi connectivity index (χ0v) is 13.1. The Balaban J connectivity index is 1.81. The molecule has 0 aliphatic carbocycles. The molecule has 0 saturated carbocycles. The Bertz CT molecular complexity index is 648. The zero-order valence-electron chi connectivity index (χ0n) is 13.1. The minimum Gasteiger partial charge on any atom is -0.496 e. The fraction of sp³-hybridized carbons (Fsp3) is 0.368. The Labute approximate surface area is 127 Å². The van der Waals surface area contributed by atoms with Gasteiger partial charge in [-0.3, -0.25) is 0 Å². The van der Waals surface area contributed by atoms with E-state index in [4.69, 9.17) is 4.74 Å². The molecule has 2 nitrogen and oxygen atoms in total. The van der Waals surface area contributed by atoms with Crippen LogP contribution in [0.3, 0.4) is 0 Å². The summed E-state index contributed by atoms with van der Waals surface area (Å²) in [6.45, 7) is 4.28. The van der Waals surface area contributed by atoms with Crippen LogP contribution in [0.5, 0.6) is 5.75 Å². The van der Waals surface area contributed by atoms with Crippen molar-refractivity contribution >= 4 is 5.69 Å². The van der Waals surface area contributed by atoms with Gasteiger partial charge in [0.1, 0.15) is 5.75 Å². The lowest BCUT2D eigenvalue weighted by Gasteiger charge is -2.28. The van der Waals surface area contributed by atoms with Gasteiger partial charge in [0.2, 0.25) is 0 Å². The Morgan fingerprint density at radius 2 is 1.95 bits per heavy atom. The van der Waals surface area contributed by atoms with Crippen LogP contribution in [-0.4, -0.2) is 13.2 Å². The SMILES string of the molecule is COc1c(CC2CCc3ccccc3N2)ccc(C)c1C. The van der Waals surface area contributed by atoms with Crippen molar-refractivity contribution in [3.63, 3.8) is 0 Å². The number of para-hydroxylation sites is 1. The molecule has 3 rings (SSSR count). The molecule has 0 radical (unpaired) electrons. The van der Waals surface area contributed by atoms with Crippen LogP contribution in [0.15, 0.2) is 36.4 Å². The Hall–Kier alpha value is -1.96. The molecular weight excluding hydrogens is 258 g/mol. The third-order valence-corrected chi connectivity index (χ3v) is 4.57. The van der Waals surface area contributed by atoms with Crippen molar-refractivity contribution in [2.45, 2.75) is 39.2 Å². The second kappa shape index (κ2) is 5.80. The Kier molecular flexibility index (Phi) is 3.87. The molecule has 0 amide bonds. The summed E-state index contributed by atoms with van der Waals surface area (Å²) >= 11 is 0. The second-order valence-electron chi connectivity index (χ2n) is 5.94. The first-order valence-corrected chi connectivity index (χ1v) is 7.66. The first-order valence-electron chi connectivity index (χ1n) is 7.66. The molecule has 1 atom stereocenters. The summed E-state index contributed by atoms with van der Waals surface area (Å²) in [5.41, 5.74) is 6.57. The number of fused-ring (bicyclic) bond motifs is 1. The molecule has 1 heterocycles. The minimum absolute atomic E-state index is 0.482. The smallest absolute Gasteiger partial charge is 0.125 e. The lowest BCUT2D eigenvalue weighted by Crippen LogP contribution is -2.27. The molecular formula is C19H23NO. The summed E-state index contributed by atoms with van der Waals surface area (Å²) in [5, 5.41) is 3.68. The summed E-state index contributed by atoms with van der Waals surface area (Å²) in [5.74, 6) is 1.05. The molecule has 2 heteroatoms. The van der Waals surface area contributed by atoms with Crippen LogP contribution >= 0.6 is 0 Å². The van der Waals surface area contributed by atoms with Gasteiger partial charge in [0, 0.05) is 11.7 Å². The molecule has 0 fully saturated rings. The zero-order chi connectivity index (χ0) is 14.8. The van der Waals surface area contributed by atoms with E-state index in [9.17, 15) is 0 Å². The number of rotatable bonds is 3. The molecule has 0 aromatic heterocycles. The highest BCUT2D eigenvalue weighted by Gasteiger charge is 2.19. The summed E-state index contributed by atoms with van der Waals surface area (Å²) in [6, 6.07) is 13.5. The molecule has 0 spiro atoms. The van der Waals surface area contributed by atoms with E-state index < -0.39 is 0 Å². The number of benzene rings is 2. The number of hydrogen-bond donors (Lipinski definition) is 1. The van der Waals surface area contributed by atoms with Gasteiger partial charge in [-0.1, -0.05) is 30.3 Å². The molecule has 0 bridgehead atoms. The third kappa shape index (κ3) is 2.76. The van der Waals surface area contributed by atoms with Gasteiger partial charge in [0.15, 0.2) is 0 Å². The molecule has 1 N–H and O–H groups in total. The summed E-state index contributed by atoms with van der Waals surface area (Å²) in [4.78, 5) is 0. The van der Waals surface area contributed by atoms with Crippen molar-refractivity contribution in [2.75, 3.05) is 12.4 Å². The summed E-state index contributed by atoms with van der Waals surface area (Å²) in [7, 11) is 1.77. The average molecular weight is 281 g/mol. The summed E-state index contributed by atoms with van der Waals surface area (Å²) in [6.07, 6.45) is 3.34. The van der Waals surface area contributed by atoms with E-state index in [1.807, 2.05) is 0 Å². The van der Waals surface area contributed by atoms with E-state index in [2.05, 4.69) is 55.6 Å². The van der Waals surface area contributed by atoms with Crippen LogP contribution < -0.4 is 10.1 Å². The van der Waals surface area contributed by atoms with Crippen LogP contribution in [0, 0.1) is 13.8 Å². The monoisotopic (exact) mass is 281 g/mol. The maximum absolute atomic E-state index is 5.64. The van der Waals surface area contributed by atoms with E-state index in [-0.39, 0.29) is 0 Å². The van der Waals surface area contributed by atoms with Gasteiger partial charge >= 0.3 is 0 Å². The number of ether oxygens (including phenoxy) is 1. The van der Waals surface area contributed by atoms with E-state index in [1.165, 1.54) is 34.4 Å². The molecule has 1 unspecified atom stereocenters. The first kappa shape index (κ1) is 14.0. The minimum atomic E-state index is 0.482. The highest BCUT2D eigenvalue weighted by Crippen LogP contribution is 2.31. The van der Waals surface area contributed by atoms with Gasteiger partial charge in [-0.2, -0.15) is 0 Å². The van der Waals surface area contributed by atoms with Gasteiger partial charge in [-0.25, -0.2) is 0 Å². The Morgan fingerprint density at radius 1 is 1.14 bits per heavy atom. The first-order chi connectivity index (χ1) is 10.2. The number of anilines is 1. The van der Waals surface area contributed by atoms with Gasteiger partial charge < -0.3 is 10.1 Å². The molecule has 21 heavy (non-hydrogen) atoms. The number of aryl methyl sites for hydroxylation is 2. The van der Waals surface area contributed by atoms with Crippen LogP contribution in [0.2, 0.25) is 0 Å². The van der Waals surface area contributed by atoms with Gasteiger partial charge in [-0.05, 0) is 61.4 Å². The maximum atomic E-state index is 5.64. The van der Waals surface area contributed by atoms with Crippen molar-refractivity contribution < 1.29 is 4.74 Å². The van der Waals surface area contributed by atoms with Crippen molar-refractivity contribution in [3.8, 4) is 5.75 Å². The highest BCUT2D eigenvalue weighted by atomic mass is 16.5. The topological polar surface area (TPSA) is 21.3 Å². The van der Waals surface area contributed by atoms with Gasteiger partial charge in [-0.15, -0.1) is 0 Å². The fourth-order valence-corrected chi connectivity index (χ4v) is 3.21. The predicted molar refractivity (Wildman–Crippen MR) is 88.3 cm³/mol. The second-order valence-corrected chi connectivity index (χ2v) is 5.94. The number of nitrogens with one attached hydrogen (secondary N) is 1. The lowest BCUT2D eigenvalue weighted by atomic mass is 9.92. The highest BCUT2D eigenvalue weighted by molar-refractivity contribution is 5.54. The van der Waals surface area contributed by atoms with Crippen LogP contribution in [-0.2, 0) is 12.8 Å². The molecule has 2 aromatic carbocycles. The Morgan fingerprint density at radius 3 is 2.76 bits per heavy atom. The maximum Gasteiger partial charge on any atom is 0.125 e. The number of methoxy groups -OCH3 is 1. The molecule has 1 aliphatic heterocycles. The quantitative estimate of drug-likeness (QED) is 0.906. The van der Waals surface area contributed by atoms with E-state index in [0.29, 0.717) is 6.04 Å². The lowest BCUT2D eigenvalue weighted by molar-refractivity contribution is 0.404. The molecule has 110 valence electrons. The van der Waals surface area contributed by atoms with Crippen molar-refractivity contribution in [2.24, 2.45) is 0 Å². The van der Waals surface area contributed by atoms with Crippen molar-refractivity contribution in [1.82, 2.24) is 0 Å². The fourth-order valence-electron chi connectivity index (χ4n) is 3.21. The normalized spacial score (nSPS) is 17.0. The van der Waals surface area contributed by atoms with Gasteiger partial charge in [0.25, 0.3) is 0 Å². The standard InChI is InChI=1S/C19H23NO/c1-13-8-9-16(19(21-3)14(13)2)12-17-11-10-15-6-4-5-7-18(15)20-17/h4-9,17,20H,10-12H2,1-3H3.